The number of likely N-dealkylation sites (tertiary alicyclic amines) is 1. The molecule has 1 saturated heterocycles. The Balaban J connectivity index is 1.94. The molecular formula is C12H14ClNO2. The second-order valence-corrected chi connectivity index (χ2v) is 4.63. The maximum absolute atomic E-state index is 10.8. The van der Waals surface area contributed by atoms with Gasteiger partial charge < -0.3 is 5.11 Å². The van der Waals surface area contributed by atoms with Crippen molar-refractivity contribution in [2.45, 2.75) is 13.0 Å². The zero-order chi connectivity index (χ0) is 11.5. The van der Waals surface area contributed by atoms with Gasteiger partial charge >= 0.3 is 5.97 Å². The Morgan fingerprint density at radius 2 is 2.38 bits per heavy atom. The Bertz CT molecular complexity index is 394. The minimum Gasteiger partial charge on any atom is -0.481 e. The van der Waals surface area contributed by atoms with E-state index in [2.05, 4.69) is 4.90 Å². The van der Waals surface area contributed by atoms with Crippen molar-refractivity contribution in [2.24, 2.45) is 5.92 Å². The summed E-state index contributed by atoms with van der Waals surface area (Å²) < 4.78 is 0. The van der Waals surface area contributed by atoms with Gasteiger partial charge in [0.1, 0.15) is 0 Å². The Morgan fingerprint density at radius 1 is 1.56 bits per heavy atom. The third-order valence-corrected chi connectivity index (χ3v) is 3.15. The molecule has 3 nitrogen and oxygen atoms in total. The number of hydrogen-bond donors (Lipinski definition) is 1. The molecule has 16 heavy (non-hydrogen) atoms. The van der Waals surface area contributed by atoms with E-state index >= 15 is 0 Å². The minimum atomic E-state index is -0.686. The van der Waals surface area contributed by atoms with Crippen molar-refractivity contribution in [1.82, 2.24) is 4.90 Å². The molecule has 1 aromatic rings. The Kier molecular flexibility index (Phi) is 3.46. The smallest absolute Gasteiger partial charge is 0.307 e. The normalized spacial score (nSPS) is 21.2. The van der Waals surface area contributed by atoms with Crippen LogP contribution in [0.25, 0.3) is 0 Å². The zero-order valence-corrected chi connectivity index (χ0v) is 9.65. The molecule has 0 aromatic heterocycles. The molecule has 0 amide bonds. The van der Waals surface area contributed by atoms with Crippen LogP contribution in [0.15, 0.2) is 24.3 Å². The number of carbonyl (C=O) groups is 1. The molecular weight excluding hydrogens is 226 g/mol. The molecule has 1 aliphatic heterocycles. The lowest BCUT2D eigenvalue weighted by Gasteiger charge is -2.15. The summed E-state index contributed by atoms with van der Waals surface area (Å²) in [4.78, 5) is 13.0. The fraction of sp³-hybridized carbons (Fsp3) is 0.417. The van der Waals surface area contributed by atoms with Crippen LogP contribution in [0, 0.1) is 5.92 Å². The molecule has 1 fully saturated rings. The quantitative estimate of drug-likeness (QED) is 0.880. The van der Waals surface area contributed by atoms with Crippen molar-refractivity contribution < 1.29 is 9.90 Å². The van der Waals surface area contributed by atoms with Gasteiger partial charge in [-0.15, -0.1) is 0 Å². The molecule has 0 spiro atoms. The fourth-order valence-electron chi connectivity index (χ4n) is 2.07. The lowest BCUT2D eigenvalue weighted by molar-refractivity contribution is -0.141. The average Bonchev–Trinajstić information content (AvgIpc) is 2.66. The van der Waals surface area contributed by atoms with Crippen LogP contribution in [0.1, 0.15) is 12.0 Å². The molecule has 1 heterocycles. The van der Waals surface area contributed by atoms with Crippen LogP contribution in [0.4, 0.5) is 0 Å². The van der Waals surface area contributed by atoms with E-state index in [0.29, 0.717) is 6.54 Å². The van der Waals surface area contributed by atoms with Crippen LogP contribution in [0.3, 0.4) is 0 Å². The highest BCUT2D eigenvalue weighted by atomic mass is 35.5. The molecule has 0 bridgehead atoms. The van der Waals surface area contributed by atoms with Crippen molar-refractivity contribution in [3.8, 4) is 0 Å². The van der Waals surface area contributed by atoms with E-state index in [0.717, 1.165) is 30.1 Å². The minimum absolute atomic E-state index is 0.209. The molecule has 0 unspecified atom stereocenters. The number of hydrogen-bond acceptors (Lipinski definition) is 2. The van der Waals surface area contributed by atoms with Crippen molar-refractivity contribution in [3.05, 3.63) is 34.9 Å². The predicted molar refractivity (Wildman–Crippen MR) is 62.5 cm³/mol. The second kappa shape index (κ2) is 4.85. The van der Waals surface area contributed by atoms with Crippen LogP contribution in [-0.2, 0) is 11.3 Å². The number of benzene rings is 1. The number of carboxylic acids is 1. The Labute approximate surface area is 99.6 Å². The van der Waals surface area contributed by atoms with Gasteiger partial charge in [0.15, 0.2) is 0 Å². The molecule has 0 aliphatic carbocycles. The van der Waals surface area contributed by atoms with Gasteiger partial charge in [-0.05, 0) is 30.7 Å². The maximum Gasteiger partial charge on any atom is 0.307 e. The highest BCUT2D eigenvalue weighted by molar-refractivity contribution is 6.30. The first kappa shape index (κ1) is 11.4. The molecule has 1 atom stereocenters. The third kappa shape index (κ3) is 2.74. The standard InChI is InChI=1S/C12H14ClNO2/c13-11-3-1-2-9(6-11)7-14-5-4-10(8-14)12(15)16/h1-3,6,10H,4-5,7-8H2,(H,15,16)/t10-/m0/s1. The molecule has 0 radical (unpaired) electrons. The summed E-state index contributed by atoms with van der Waals surface area (Å²) in [5.41, 5.74) is 1.14. The van der Waals surface area contributed by atoms with Crippen molar-refractivity contribution >= 4 is 17.6 Å². The van der Waals surface area contributed by atoms with E-state index < -0.39 is 5.97 Å². The summed E-state index contributed by atoms with van der Waals surface area (Å²) in [6.07, 6.45) is 0.746. The predicted octanol–water partition coefficient (Wildman–Crippen LogP) is 2.25. The first-order chi connectivity index (χ1) is 7.65. The van der Waals surface area contributed by atoms with Gasteiger partial charge in [-0.25, -0.2) is 0 Å². The van der Waals surface area contributed by atoms with Gasteiger partial charge in [0.25, 0.3) is 0 Å². The lowest BCUT2D eigenvalue weighted by Crippen LogP contribution is -2.22. The maximum atomic E-state index is 10.8. The lowest BCUT2D eigenvalue weighted by atomic mass is 10.1. The van der Waals surface area contributed by atoms with Crippen LogP contribution in [0.2, 0.25) is 5.02 Å². The van der Waals surface area contributed by atoms with E-state index in [1.54, 1.807) is 0 Å². The molecule has 0 saturated carbocycles. The van der Waals surface area contributed by atoms with E-state index in [1.807, 2.05) is 24.3 Å². The molecule has 4 heteroatoms. The van der Waals surface area contributed by atoms with Crippen molar-refractivity contribution in [3.63, 3.8) is 0 Å². The highest BCUT2D eigenvalue weighted by Crippen LogP contribution is 2.20. The molecule has 86 valence electrons. The van der Waals surface area contributed by atoms with E-state index in [-0.39, 0.29) is 5.92 Å². The fourth-order valence-corrected chi connectivity index (χ4v) is 2.28. The SMILES string of the molecule is O=C(O)[C@H]1CCN(Cc2cccc(Cl)c2)C1. The highest BCUT2D eigenvalue weighted by Gasteiger charge is 2.27. The van der Waals surface area contributed by atoms with Gasteiger partial charge in [0, 0.05) is 18.1 Å². The number of aliphatic carboxylic acids is 1. The number of halogens is 1. The molecule has 2 rings (SSSR count). The number of rotatable bonds is 3. The van der Waals surface area contributed by atoms with Crippen molar-refractivity contribution in [2.75, 3.05) is 13.1 Å². The summed E-state index contributed by atoms with van der Waals surface area (Å²) in [5, 5.41) is 9.62. The second-order valence-electron chi connectivity index (χ2n) is 4.19. The van der Waals surface area contributed by atoms with E-state index in [9.17, 15) is 4.79 Å². The molecule has 1 aromatic carbocycles. The molecule has 1 aliphatic rings. The zero-order valence-electron chi connectivity index (χ0n) is 8.90. The van der Waals surface area contributed by atoms with Gasteiger partial charge in [-0.3, -0.25) is 9.69 Å². The van der Waals surface area contributed by atoms with Crippen LogP contribution >= 0.6 is 11.6 Å². The van der Waals surface area contributed by atoms with E-state index in [4.69, 9.17) is 16.7 Å². The van der Waals surface area contributed by atoms with Gasteiger partial charge in [0.2, 0.25) is 0 Å². The summed E-state index contributed by atoms with van der Waals surface area (Å²) in [7, 11) is 0. The van der Waals surface area contributed by atoms with Crippen LogP contribution in [-0.4, -0.2) is 29.1 Å². The van der Waals surface area contributed by atoms with Crippen molar-refractivity contribution in [1.29, 1.82) is 0 Å². The number of carboxylic acid groups (broad SMARTS) is 1. The van der Waals surface area contributed by atoms with Crippen LogP contribution in [0.5, 0.6) is 0 Å². The Morgan fingerprint density at radius 3 is 3.00 bits per heavy atom. The average molecular weight is 240 g/mol. The topological polar surface area (TPSA) is 40.5 Å². The largest absolute Gasteiger partial charge is 0.481 e. The van der Waals surface area contributed by atoms with Crippen LogP contribution < -0.4 is 0 Å². The third-order valence-electron chi connectivity index (χ3n) is 2.92. The van der Waals surface area contributed by atoms with Gasteiger partial charge in [-0.2, -0.15) is 0 Å². The van der Waals surface area contributed by atoms with Gasteiger partial charge in [-0.1, -0.05) is 23.7 Å². The Hall–Kier alpha value is -1.06. The number of nitrogens with zero attached hydrogens (tertiary/aromatic N) is 1. The van der Waals surface area contributed by atoms with E-state index in [1.165, 1.54) is 0 Å². The first-order valence-corrected chi connectivity index (χ1v) is 5.72. The molecule has 1 N–H and O–H groups in total. The summed E-state index contributed by atoms with van der Waals surface area (Å²) >= 11 is 5.90. The summed E-state index contributed by atoms with van der Waals surface area (Å²) in [6.45, 7) is 2.27. The monoisotopic (exact) mass is 239 g/mol. The summed E-state index contributed by atoms with van der Waals surface area (Å²) in [5.74, 6) is -0.896. The van der Waals surface area contributed by atoms with Gasteiger partial charge in [0.05, 0.1) is 5.92 Å². The summed E-state index contributed by atoms with van der Waals surface area (Å²) in [6, 6.07) is 7.70. The first-order valence-electron chi connectivity index (χ1n) is 5.35.